The summed E-state index contributed by atoms with van der Waals surface area (Å²) in [5, 5.41) is 11.7. The lowest BCUT2D eigenvalue weighted by atomic mass is 9.80. The van der Waals surface area contributed by atoms with E-state index in [1.807, 2.05) is 60.7 Å². The number of aliphatic hydroxyl groups is 1. The molecule has 0 bridgehead atoms. The van der Waals surface area contributed by atoms with Crippen LogP contribution < -0.4 is 0 Å². The largest absolute Gasteiger partial charge is 0.376 e. The van der Waals surface area contributed by atoms with E-state index in [1.165, 1.54) is 18.4 Å². The van der Waals surface area contributed by atoms with E-state index in [1.54, 1.807) is 0 Å². The molecule has 1 aliphatic rings. The van der Waals surface area contributed by atoms with Crippen molar-refractivity contribution in [2.24, 2.45) is 0 Å². The second kappa shape index (κ2) is 5.68. The summed E-state index contributed by atoms with van der Waals surface area (Å²) in [5.74, 6) is 0.727. The summed E-state index contributed by atoms with van der Waals surface area (Å²) >= 11 is 0. The predicted molar refractivity (Wildman–Crippen MR) is 93.4 cm³/mol. The van der Waals surface area contributed by atoms with E-state index in [0.29, 0.717) is 0 Å². The molecule has 1 fully saturated rings. The predicted octanol–water partition coefficient (Wildman–Crippen LogP) is 4.85. The molecule has 114 valence electrons. The zero-order valence-electron chi connectivity index (χ0n) is 13.0. The molecule has 1 saturated carbocycles. The van der Waals surface area contributed by atoms with Crippen molar-refractivity contribution in [1.82, 2.24) is 0 Å². The second-order valence-electron chi connectivity index (χ2n) is 6.34. The third-order valence-electron chi connectivity index (χ3n) is 4.76. The third kappa shape index (κ3) is 2.58. The van der Waals surface area contributed by atoms with Crippen LogP contribution in [-0.4, -0.2) is 5.11 Å². The molecule has 0 aromatic heterocycles. The van der Waals surface area contributed by atoms with Crippen LogP contribution in [0.5, 0.6) is 0 Å². The van der Waals surface area contributed by atoms with Crippen molar-refractivity contribution in [2.75, 3.05) is 0 Å². The Bertz CT molecular complexity index is 732. The Hall–Kier alpha value is -2.38. The normalized spacial score (nSPS) is 14.7. The standard InChI is InChI=1S/C22H20O/c23-22(19-7-3-1-4-8-19,20-9-5-2-6-10-20)21-15-13-18(14-16-21)17-11-12-17/h1-10,13-17,23H,11-12H2. The lowest BCUT2D eigenvalue weighted by molar-refractivity contribution is 0.125. The van der Waals surface area contributed by atoms with Gasteiger partial charge in [-0.3, -0.25) is 0 Å². The maximum absolute atomic E-state index is 11.7. The molecule has 1 nitrogen and oxygen atoms in total. The van der Waals surface area contributed by atoms with Crippen LogP contribution in [0.2, 0.25) is 0 Å². The molecule has 3 aromatic rings. The quantitative estimate of drug-likeness (QED) is 0.683. The van der Waals surface area contributed by atoms with Gasteiger partial charge in [-0.2, -0.15) is 0 Å². The van der Waals surface area contributed by atoms with Gasteiger partial charge >= 0.3 is 0 Å². The van der Waals surface area contributed by atoms with E-state index in [2.05, 4.69) is 24.3 Å². The van der Waals surface area contributed by atoms with E-state index in [0.717, 1.165) is 22.6 Å². The van der Waals surface area contributed by atoms with Crippen LogP contribution in [-0.2, 0) is 5.60 Å². The topological polar surface area (TPSA) is 20.2 Å². The fraction of sp³-hybridized carbons (Fsp3) is 0.182. The van der Waals surface area contributed by atoms with E-state index in [-0.39, 0.29) is 0 Å². The summed E-state index contributed by atoms with van der Waals surface area (Å²) in [6.45, 7) is 0. The molecule has 0 saturated heterocycles. The van der Waals surface area contributed by atoms with Gasteiger partial charge in [0.1, 0.15) is 5.60 Å². The van der Waals surface area contributed by atoms with Crippen LogP contribution in [0.4, 0.5) is 0 Å². The van der Waals surface area contributed by atoms with Crippen molar-refractivity contribution in [3.05, 3.63) is 107 Å². The molecule has 1 aliphatic carbocycles. The van der Waals surface area contributed by atoms with Crippen LogP contribution >= 0.6 is 0 Å². The maximum atomic E-state index is 11.7. The Morgan fingerprint density at radius 3 is 1.48 bits per heavy atom. The minimum absolute atomic E-state index is 0.727. The van der Waals surface area contributed by atoms with E-state index in [4.69, 9.17) is 0 Å². The molecule has 0 aliphatic heterocycles. The van der Waals surface area contributed by atoms with Gasteiger partial charge in [0.05, 0.1) is 0 Å². The Morgan fingerprint density at radius 2 is 1.04 bits per heavy atom. The van der Waals surface area contributed by atoms with Gasteiger partial charge in [-0.05, 0) is 41.0 Å². The van der Waals surface area contributed by atoms with Crippen LogP contribution in [0.25, 0.3) is 0 Å². The average Bonchev–Trinajstić information content (AvgIpc) is 3.48. The minimum Gasteiger partial charge on any atom is -0.376 e. The van der Waals surface area contributed by atoms with Crippen LogP contribution in [0.1, 0.15) is 41.0 Å². The molecule has 0 atom stereocenters. The first-order valence-corrected chi connectivity index (χ1v) is 8.22. The van der Waals surface area contributed by atoms with Crippen molar-refractivity contribution in [2.45, 2.75) is 24.4 Å². The van der Waals surface area contributed by atoms with E-state index < -0.39 is 5.60 Å². The van der Waals surface area contributed by atoms with Gasteiger partial charge in [0.2, 0.25) is 0 Å². The van der Waals surface area contributed by atoms with Crippen molar-refractivity contribution >= 4 is 0 Å². The number of hydrogen-bond acceptors (Lipinski definition) is 1. The van der Waals surface area contributed by atoms with E-state index >= 15 is 0 Å². The third-order valence-corrected chi connectivity index (χ3v) is 4.76. The fourth-order valence-electron chi connectivity index (χ4n) is 3.27. The molecule has 0 amide bonds. The summed E-state index contributed by atoms with van der Waals surface area (Å²) in [7, 11) is 0. The average molecular weight is 300 g/mol. The van der Waals surface area contributed by atoms with Crippen molar-refractivity contribution in [1.29, 1.82) is 0 Å². The fourth-order valence-corrected chi connectivity index (χ4v) is 3.27. The number of hydrogen-bond donors (Lipinski definition) is 1. The molecule has 0 unspecified atom stereocenters. The maximum Gasteiger partial charge on any atom is 0.140 e. The lowest BCUT2D eigenvalue weighted by Gasteiger charge is -2.30. The van der Waals surface area contributed by atoms with Gasteiger partial charge in [0.25, 0.3) is 0 Å². The summed E-state index contributed by atoms with van der Waals surface area (Å²) < 4.78 is 0. The summed E-state index contributed by atoms with van der Waals surface area (Å²) in [5.41, 5.74) is 2.97. The molecule has 1 N–H and O–H groups in total. The highest BCUT2D eigenvalue weighted by Crippen LogP contribution is 2.42. The summed E-state index contributed by atoms with van der Waals surface area (Å²) in [6, 6.07) is 28.3. The Morgan fingerprint density at radius 1 is 0.609 bits per heavy atom. The Kier molecular flexibility index (Phi) is 3.51. The van der Waals surface area contributed by atoms with Gasteiger partial charge in [0.15, 0.2) is 0 Å². The SMILES string of the molecule is OC(c1ccccc1)(c1ccccc1)c1ccc(C2CC2)cc1. The molecular weight excluding hydrogens is 280 g/mol. The lowest BCUT2D eigenvalue weighted by Crippen LogP contribution is -2.28. The smallest absolute Gasteiger partial charge is 0.140 e. The molecule has 3 aromatic carbocycles. The summed E-state index contributed by atoms with van der Waals surface area (Å²) in [6.07, 6.45) is 2.59. The molecule has 4 rings (SSSR count). The Balaban J connectivity index is 1.85. The molecule has 0 heterocycles. The van der Waals surface area contributed by atoms with Gasteiger partial charge in [-0.1, -0.05) is 84.9 Å². The molecule has 0 radical (unpaired) electrons. The highest BCUT2D eigenvalue weighted by atomic mass is 16.3. The highest BCUT2D eigenvalue weighted by Gasteiger charge is 2.34. The van der Waals surface area contributed by atoms with Gasteiger partial charge in [-0.25, -0.2) is 0 Å². The Labute approximate surface area is 137 Å². The molecule has 1 heteroatoms. The van der Waals surface area contributed by atoms with E-state index in [9.17, 15) is 5.11 Å². The van der Waals surface area contributed by atoms with Gasteiger partial charge < -0.3 is 5.11 Å². The first kappa shape index (κ1) is 14.2. The first-order chi connectivity index (χ1) is 11.3. The zero-order chi connectivity index (χ0) is 15.7. The van der Waals surface area contributed by atoms with Crippen molar-refractivity contribution in [3.63, 3.8) is 0 Å². The summed E-state index contributed by atoms with van der Waals surface area (Å²) in [4.78, 5) is 0. The highest BCUT2D eigenvalue weighted by molar-refractivity contribution is 5.47. The van der Waals surface area contributed by atoms with Crippen LogP contribution in [0.15, 0.2) is 84.9 Å². The minimum atomic E-state index is -1.12. The van der Waals surface area contributed by atoms with Crippen molar-refractivity contribution < 1.29 is 5.11 Å². The zero-order valence-corrected chi connectivity index (χ0v) is 13.0. The van der Waals surface area contributed by atoms with Gasteiger partial charge in [-0.15, -0.1) is 0 Å². The molecular formula is C22H20O. The van der Waals surface area contributed by atoms with Crippen LogP contribution in [0, 0.1) is 0 Å². The monoisotopic (exact) mass is 300 g/mol. The van der Waals surface area contributed by atoms with Gasteiger partial charge in [0, 0.05) is 0 Å². The number of rotatable bonds is 4. The molecule has 0 spiro atoms. The second-order valence-corrected chi connectivity index (χ2v) is 6.34. The van der Waals surface area contributed by atoms with Crippen molar-refractivity contribution in [3.8, 4) is 0 Å². The number of benzene rings is 3. The van der Waals surface area contributed by atoms with Crippen LogP contribution in [0.3, 0.4) is 0 Å². The molecule has 23 heavy (non-hydrogen) atoms. The first-order valence-electron chi connectivity index (χ1n) is 8.22.